The largest absolute Gasteiger partial charge is 0.459 e. The highest BCUT2D eigenvalue weighted by atomic mass is 32.1. The standard InChI is InChI=1S/C18H37NO2S/c1-4-5-6-7-8-9-10-11-12-13-14-19(2,3)15-16-21-18(20)17-22/h4-17H2,1-3H3/p+1. The number of rotatable bonds is 15. The summed E-state index contributed by atoms with van der Waals surface area (Å²) >= 11 is 3.90. The van der Waals surface area contributed by atoms with Crippen LogP contribution in [0.15, 0.2) is 0 Å². The van der Waals surface area contributed by atoms with Crippen molar-refractivity contribution < 1.29 is 14.0 Å². The van der Waals surface area contributed by atoms with Crippen LogP contribution in [0.2, 0.25) is 0 Å². The van der Waals surface area contributed by atoms with E-state index in [1.165, 1.54) is 64.2 Å². The average Bonchev–Trinajstić information content (AvgIpc) is 2.48. The molecule has 0 rings (SSSR count). The second-order valence-electron chi connectivity index (χ2n) is 6.94. The molecular formula is C18H38NO2S+. The number of unbranched alkanes of at least 4 members (excludes halogenated alkanes) is 9. The minimum absolute atomic E-state index is 0.172. The van der Waals surface area contributed by atoms with Crippen LogP contribution in [-0.2, 0) is 9.53 Å². The van der Waals surface area contributed by atoms with Gasteiger partial charge < -0.3 is 9.22 Å². The topological polar surface area (TPSA) is 26.3 Å². The summed E-state index contributed by atoms with van der Waals surface area (Å²) in [5, 5.41) is 0. The van der Waals surface area contributed by atoms with Gasteiger partial charge >= 0.3 is 5.97 Å². The molecule has 0 heterocycles. The van der Waals surface area contributed by atoms with E-state index in [9.17, 15) is 4.79 Å². The van der Waals surface area contributed by atoms with Crippen molar-refractivity contribution in [2.75, 3.05) is 39.5 Å². The fraction of sp³-hybridized carbons (Fsp3) is 0.944. The van der Waals surface area contributed by atoms with E-state index >= 15 is 0 Å². The number of quaternary nitrogens is 1. The van der Waals surface area contributed by atoms with Crippen molar-refractivity contribution in [3.63, 3.8) is 0 Å². The third-order valence-electron chi connectivity index (χ3n) is 4.21. The monoisotopic (exact) mass is 332 g/mol. The Hall–Kier alpha value is -0.220. The highest BCUT2D eigenvalue weighted by Gasteiger charge is 2.15. The molecule has 0 amide bonds. The van der Waals surface area contributed by atoms with Crippen LogP contribution in [0.3, 0.4) is 0 Å². The lowest BCUT2D eigenvalue weighted by Crippen LogP contribution is -2.43. The lowest BCUT2D eigenvalue weighted by atomic mass is 10.1. The van der Waals surface area contributed by atoms with Crippen molar-refractivity contribution in [2.45, 2.75) is 71.1 Å². The van der Waals surface area contributed by atoms with Gasteiger partial charge in [0.15, 0.2) is 0 Å². The number of esters is 1. The lowest BCUT2D eigenvalue weighted by molar-refractivity contribution is -0.890. The molecule has 0 atom stereocenters. The van der Waals surface area contributed by atoms with E-state index in [-0.39, 0.29) is 11.7 Å². The molecular weight excluding hydrogens is 294 g/mol. The Balaban J connectivity index is 3.39. The zero-order valence-corrected chi connectivity index (χ0v) is 16.0. The molecule has 0 saturated heterocycles. The van der Waals surface area contributed by atoms with Crippen molar-refractivity contribution in [3.05, 3.63) is 0 Å². The van der Waals surface area contributed by atoms with Crippen molar-refractivity contribution >= 4 is 18.6 Å². The summed E-state index contributed by atoms with van der Waals surface area (Å²) in [4.78, 5) is 11.0. The van der Waals surface area contributed by atoms with Gasteiger partial charge in [-0.1, -0.05) is 58.3 Å². The maximum atomic E-state index is 11.0. The maximum absolute atomic E-state index is 11.0. The van der Waals surface area contributed by atoms with E-state index in [1.54, 1.807) is 0 Å². The summed E-state index contributed by atoms with van der Waals surface area (Å²) in [6, 6.07) is 0. The van der Waals surface area contributed by atoms with Gasteiger partial charge in [-0.25, -0.2) is 0 Å². The summed E-state index contributed by atoms with van der Waals surface area (Å²) < 4.78 is 6.02. The Morgan fingerprint density at radius 3 is 1.86 bits per heavy atom. The average molecular weight is 333 g/mol. The van der Waals surface area contributed by atoms with E-state index in [4.69, 9.17) is 4.74 Å². The number of nitrogens with zero attached hydrogens (tertiary/aromatic N) is 1. The summed E-state index contributed by atoms with van der Waals surface area (Å²) in [5.41, 5.74) is 0. The van der Waals surface area contributed by atoms with E-state index in [1.807, 2.05) is 0 Å². The molecule has 0 bridgehead atoms. The summed E-state index contributed by atoms with van der Waals surface area (Å²) in [7, 11) is 4.42. The van der Waals surface area contributed by atoms with Gasteiger partial charge in [-0.05, 0) is 12.8 Å². The molecule has 0 aliphatic carbocycles. The number of ether oxygens (including phenoxy) is 1. The highest BCUT2D eigenvalue weighted by Crippen LogP contribution is 2.11. The van der Waals surface area contributed by atoms with Gasteiger partial charge in [0, 0.05) is 0 Å². The van der Waals surface area contributed by atoms with Crippen LogP contribution in [0.5, 0.6) is 0 Å². The van der Waals surface area contributed by atoms with Crippen LogP contribution >= 0.6 is 12.6 Å². The Labute approximate surface area is 143 Å². The van der Waals surface area contributed by atoms with Crippen LogP contribution in [-0.4, -0.2) is 50.0 Å². The third-order valence-corrected chi connectivity index (χ3v) is 4.46. The number of carbonyl (C=O) groups is 1. The number of thiol groups is 1. The first-order valence-corrected chi connectivity index (χ1v) is 9.73. The summed E-state index contributed by atoms with van der Waals surface area (Å²) in [6.45, 7) is 4.82. The molecule has 3 nitrogen and oxygen atoms in total. The Morgan fingerprint density at radius 2 is 1.36 bits per heavy atom. The first-order valence-electron chi connectivity index (χ1n) is 9.10. The summed E-state index contributed by atoms with van der Waals surface area (Å²) in [6.07, 6.45) is 13.7. The summed E-state index contributed by atoms with van der Waals surface area (Å²) in [5.74, 6) is -0.0476. The van der Waals surface area contributed by atoms with Gasteiger partial charge in [0.25, 0.3) is 0 Å². The van der Waals surface area contributed by atoms with E-state index in [2.05, 4.69) is 33.6 Å². The predicted molar refractivity (Wildman–Crippen MR) is 98.5 cm³/mol. The van der Waals surface area contributed by atoms with Crippen LogP contribution in [0.25, 0.3) is 0 Å². The molecule has 0 N–H and O–H groups in total. The Morgan fingerprint density at radius 1 is 0.864 bits per heavy atom. The zero-order valence-electron chi connectivity index (χ0n) is 15.1. The Bertz CT molecular complexity index is 270. The quantitative estimate of drug-likeness (QED) is 0.207. The van der Waals surface area contributed by atoms with Crippen LogP contribution in [0, 0.1) is 0 Å². The molecule has 22 heavy (non-hydrogen) atoms. The zero-order chi connectivity index (χ0) is 16.7. The van der Waals surface area contributed by atoms with Gasteiger partial charge in [-0.15, -0.1) is 0 Å². The van der Waals surface area contributed by atoms with Crippen molar-refractivity contribution in [1.29, 1.82) is 0 Å². The molecule has 0 aromatic heterocycles. The van der Waals surface area contributed by atoms with Crippen LogP contribution in [0.1, 0.15) is 71.1 Å². The van der Waals surface area contributed by atoms with Gasteiger partial charge in [-0.3, -0.25) is 4.79 Å². The second-order valence-corrected chi connectivity index (χ2v) is 7.26. The normalized spacial score (nSPS) is 11.6. The van der Waals surface area contributed by atoms with Gasteiger partial charge in [0.1, 0.15) is 13.2 Å². The number of likely N-dealkylation sites (N-methyl/N-ethyl adjacent to an activating group) is 1. The smallest absolute Gasteiger partial charge is 0.315 e. The highest BCUT2D eigenvalue weighted by molar-refractivity contribution is 7.81. The first kappa shape index (κ1) is 21.8. The molecule has 0 unspecified atom stereocenters. The molecule has 0 fully saturated rings. The fourth-order valence-electron chi connectivity index (χ4n) is 2.59. The molecule has 0 spiro atoms. The number of hydrogen-bond acceptors (Lipinski definition) is 3. The van der Waals surface area contributed by atoms with Gasteiger partial charge in [0.2, 0.25) is 0 Å². The third kappa shape index (κ3) is 14.7. The fourth-order valence-corrected chi connectivity index (χ4v) is 2.68. The minimum Gasteiger partial charge on any atom is -0.459 e. The van der Waals surface area contributed by atoms with Crippen molar-refractivity contribution in [3.8, 4) is 0 Å². The second kappa shape index (κ2) is 14.4. The molecule has 132 valence electrons. The van der Waals surface area contributed by atoms with E-state index < -0.39 is 0 Å². The van der Waals surface area contributed by atoms with Gasteiger partial charge in [0.05, 0.1) is 26.4 Å². The molecule has 0 radical (unpaired) electrons. The number of carbonyl (C=O) groups excluding carboxylic acids is 1. The molecule has 0 aliphatic rings. The molecule has 0 aromatic carbocycles. The maximum Gasteiger partial charge on any atom is 0.315 e. The molecule has 4 heteroatoms. The Kier molecular flexibility index (Phi) is 14.2. The molecule has 0 aliphatic heterocycles. The van der Waals surface area contributed by atoms with Gasteiger partial charge in [-0.2, -0.15) is 12.6 Å². The van der Waals surface area contributed by atoms with E-state index in [0.717, 1.165) is 17.6 Å². The minimum atomic E-state index is -0.220. The lowest BCUT2D eigenvalue weighted by Gasteiger charge is -2.29. The van der Waals surface area contributed by atoms with Crippen LogP contribution in [0.4, 0.5) is 0 Å². The van der Waals surface area contributed by atoms with Crippen molar-refractivity contribution in [2.24, 2.45) is 0 Å². The molecule has 0 aromatic rings. The predicted octanol–water partition coefficient (Wildman–Crippen LogP) is 4.46. The molecule has 0 saturated carbocycles. The SMILES string of the molecule is CCCCCCCCCCCC[N+](C)(C)CCOC(=O)CS. The van der Waals surface area contributed by atoms with Crippen LogP contribution < -0.4 is 0 Å². The number of hydrogen-bond donors (Lipinski definition) is 1. The van der Waals surface area contributed by atoms with Crippen molar-refractivity contribution in [1.82, 2.24) is 0 Å². The van der Waals surface area contributed by atoms with E-state index in [0.29, 0.717) is 6.61 Å². The first-order chi connectivity index (χ1) is 10.5.